The van der Waals surface area contributed by atoms with Crippen LogP contribution < -0.4 is 9.62 Å². The molecule has 0 heterocycles. The highest BCUT2D eigenvalue weighted by Gasteiger charge is 2.31. The van der Waals surface area contributed by atoms with Crippen LogP contribution in [0.25, 0.3) is 0 Å². The van der Waals surface area contributed by atoms with Gasteiger partial charge in [-0.25, -0.2) is 8.42 Å². The van der Waals surface area contributed by atoms with Gasteiger partial charge in [0.2, 0.25) is 21.8 Å². The number of anilines is 1. The zero-order chi connectivity index (χ0) is 25.5. The molecule has 186 valence electrons. The van der Waals surface area contributed by atoms with Crippen molar-refractivity contribution in [2.24, 2.45) is 0 Å². The maximum Gasteiger partial charge on any atom is 0.244 e. The maximum absolute atomic E-state index is 13.6. The summed E-state index contributed by atoms with van der Waals surface area (Å²) < 4.78 is 26.3. The second-order valence-electron chi connectivity index (χ2n) is 8.09. The highest BCUT2D eigenvalue weighted by atomic mass is 35.5. The zero-order valence-corrected chi connectivity index (χ0v) is 22.2. The minimum Gasteiger partial charge on any atom is -0.354 e. The minimum absolute atomic E-state index is 0.0686. The van der Waals surface area contributed by atoms with Gasteiger partial charge in [-0.1, -0.05) is 55.2 Å². The summed E-state index contributed by atoms with van der Waals surface area (Å²) in [6.07, 6.45) is 2.15. The summed E-state index contributed by atoms with van der Waals surface area (Å²) in [5.74, 6) is -0.796. The standard InChI is InChI=1S/C24H31Cl2N3O4S/c1-5-12-27-24(31)22(6-2)28(15-18-10-11-20(25)21(26)14-18)23(30)16-29(34(4,32)33)19-9-7-8-17(3)13-19/h7-11,13-14,22H,5-6,12,15-16H2,1-4H3,(H,27,31)/t22-/m1/s1. The molecule has 2 aromatic rings. The molecule has 0 aliphatic rings. The van der Waals surface area contributed by atoms with Gasteiger partial charge in [0.05, 0.1) is 22.0 Å². The first-order valence-electron chi connectivity index (χ1n) is 11.0. The summed E-state index contributed by atoms with van der Waals surface area (Å²) in [6.45, 7) is 5.68. The second-order valence-corrected chi connectivity index (χ2v) is 10.8. The minimum atomic E-state index is -3.77. The Morgan fingerprint density at radius 2 is 1.76 bits per heavy atom. The van der Waals surface area contributed by atoms with Crippen LogP contribution in [0.2, 0.25) is 10.0 Å². The van der Waals surface area contributed by atoms with E-state index in [0.717, 1.165) is 22.5 Å². The van der Waals surface area contributed by atoms with Crippen LogP contribution in [-0.2, 0) is 26.2 Å². The molecule has 2 aromatic carbocycles. The molecule has 2 amide bonds. The molecule has 7 nitrogen and oxygen atoms in total. The lowest BCUT2D eigenvalue weighted by Gasteiger charge is -2.33. The van der Waals surface area contributed by atoms with E-state index >= 15 is 0 Å². The van der Waals surface area contributed by atoms with Crippen molar-refractivity contribution >= 4 is 50.7 Å². The molecule has 10 heteroatoms. The molecule has 1 N–H and O–H groups in total. The van der Waals surface area contributed by atoms with Crippen molar-refractivity contribution in [2.75, 3.05) is 23.7 Å². The Labute approximate surface area is 212 Å². The first-order valence-corrected chi connectivity index (χ1v) is 13.6. The Bertz CT molecular complexity index is 1120. The number of rotatable bonds is 11. The smallest absolute Gasteiger partial charge is 0.244 e. The monoisotopic (exact) mass is 527 g/mol. The number of aryl methyl sites for hydroxylation is 1. The number of nitrogens with one attached hydrogen (secondary N) is 1. The molecule has 0 unspecified atom stereocenters. The molecule has 0 bridgehead atoms. The molecule has 0 saturated heterocycles. The molecule has 0 radical (unpaired) electrons. The third-order valence-corrected chi connectivity index (χ3v) is 7.12. The molecule has 2 rings (SSSR count). The Morgan fingerprint density at radius 1 is 1.06 bits per heavy atom. The van der Waals surface area contributed by atoms with Crippen LogP contribution in [0, 0.1) is 6.92 Å². The number of carbonyl (C=O) groups is 2. The van der Waals surface area contributed by atoms with Gasteiger partial charge in [0.1, 0.15) is 12.6 Å². The highest BCUT2D eigenvalue weighted by molar-refractivity contribution is 7.92. The second kappa shape index (κ2) is 12.4. The van der Waals surface area contributed by atoms with Crippen molar-refractivity contribution in [2.45, 2.75) is 46.2 Å². The van der Waals surface area contributed by atoms with Crippen molar-refractivity contribution in [3.8, 4) is 0 Å². The first kappa shape index (κ1) is 28.0. The molecular formula is C24H31Cl2N3O4S. The summed E-state index contributed by atoms with van der Waals surface area (Å²) in [6, 6.07) is 11.1. The topological polar surface area (TPSA) is 86.8 Å². The molecule has 0 aromatic heterocycles. The van der Waals surface area contributed by atoms with Gasteiger partial charge >= 0.3 is 0 Å². The van der Waals surface area contributed by atoms with Crippen LogP contribution in [0.5, 0.6) is 0 Å². The van der Waals surface area contributed by atoms with Crippen molar-refractivity contribution in [3.63, 3.8) is 0 Å². The first-order chi connectivity index (χ1) is 16.0. The lowest BCUT2D eigenvalue weighted by atomic mass is 10.1. The number of benzene rings is 2. The maximum atomic E-state index is 13.6. The van der Waals surface area contributed by atoms with Crippen LogP contribution in [0.3, 0.4) is 0 Å². The van der Waals surface area contributed by atoms with Gasteiger partial charge in [-0.3, -0.25) is 13.9 Å². The van der Waals surface area contributed by atoms with Crippen LogP contribution in [-0.4, -0.2) is 50.5 Å². The number of carbonyl (C=O) groups excluding carboxylic acids is 2. The summed E-state index contributed by atoms with van der Waals surface area (Å²) in [5.41, 5.74) is 1.91. The van der Waals surface area contributed by atoms with Gasteiger partial charge < -0.3 is 10.2 Å². The van der Waals surface area contributed by atoms with E-state index in [1.54, 1.807) is 43.3 Å². The van der Waals surface area contributed by atoms with Gasteiger partial charge in [0.15, 0.2) is 0 Å². The van der Waals surface area contributed by atoms with Crippen LogP contribution >= 0.6 is 23.2 Å². The quantitative estimate of drug-likeness (QED) is 0.469. The average molecular weight is 529 g/mol. The van der Waals surface area contributed by atoms with Crippen molar-refractivity contribution in [1.82, 2.24) is 10.2 Å². The average Bonchev–Trinajstić information content (AvgIpc) is 2.77. The van der Waals surface area contributed by atoms with E-state index in [4.69, 9.17) is 23.2 Å². The predicted molar refractivity (Wildman–Crippen MR) is 138 cm³/mol. The molecule has 0 spiro atoms. The molecule has 0 aliphatic heterocycles. The Balaban J connectivity index is 2.44. The highest BCUT2D eigenvalue weighted by Crippen LogP contribution is 2.25. The van der Waals surface area contributed by atoms with Gasteiger partial charge in [-0.15, -0.1) is 0 Å². The van der Waals surface area contributed by atoms with Crippen molar-refractivity contribution < 1.29 is 18.0 Å². The van der Waals surface area contributed by atoms with Gasteiger partial charge in [0.25, 0.3) is 0 Å². The number of halogens is 2. The molecule has 0 fully saturated rings. The van der Waals surface area contributed by atoms with E-state index in [-0.39, 0.29) is 12.5 Å². The van der Waals surface area contributed by atoms with Crippen molar-refractivity contribution in [3.05, 3.63) is 63.6 Å². The lowest BCUT2D eigenvalue weighted by molar-refractivity contribution is -0.140. The summed E-state index contributed by atoms with van der Waals surface area (Å²) in [7, 11) is -3.77. The van der Waals surface area contributed by atoms with Gasteiger partial charge in [-0.05, 0) is 55.2 Å². The Kier molecular flexibility index (Phi) is 10.2. The molecule has 0 aliphatic carbocycles. The summed E-state index contributed by atoms with van der Waals surface area (Å²) in [4.78, 5) is 27.9. The number of nitrogens with zero attached hydrogens (tertiary/aromatic N) is 2. The molecule has 0 saturated carbocycles. The van der Waals surface area contributed by atoms with E-state index in [1.165, 1.54) is 4.90 Å². The Morgan fingerprint density at radius 3 is 2.32 bits per heavy atom. The van der Waals surface area contributed by atoms with Crippen LogP contribution in [0.1, 0.15) is 37.8 Å². The molecular weight excluding hydrogens is 497 g/mol. The van der Waals surface area contributed by atoms with Crippen LogP contribution in [0.15, 0.2) is 42.5 Å². The number of amides is 2. The van der Waals surface area contributed by atoms with E-state index in [9.17, 15) is 18.0 Å². The number of sulfonamides is 1. The van der Waals surface area contributed by atoms with Crippen LogP contribution in [0.4, 0.5) is 5.69 Å². The SMILES string of the molecule is CCCNC(=O)[C@@H](CC)N(Cc1ccc(Cl)c(Cl)c1)C(=O)CN(c1cccc(C)c1)S(C)(=O)=O. The normalized spacial score (nSPS) is 12.2. The van der Waals surface area contributed by atoms with Gasteiger partial charge in [-0.2, -0.15) is 0 Å². The molecule has 34 heavy (non-hydrogen) atoms. The lowest BCUT2D eigenvalue weighted by Crippen LogP contribution is -2.52. The fourth-order valence-electron chi connectivity index (χ4n) is 3.52. The Hall–Kier alpha value is -2.29. The van der Waals surface area contributed by atoms with E-state index in [2.05, 4.69) is 5.32 Å². The van der Waals surface area contributed by atoms with E-state index < -0.39 is 28.5 Å². The molecule has 1 atom stereocenters. The fraction of sp³-hybridized carbons (Fsp3) is 0.417. The zero-order valence-electron chi connectivity index (χ0n) is 19.8. The summed E-state index contributed by atoms with van der Waals surface area (Å²) in [5, 5.41) is 3.54. The van der Waals surface area contributed by atoms with E-state index in [0.29, 0.717) is 34.3 Å². The summed E-state index contributed by atoms with van der Waals surface area (Å²) >= 11 is 12.2. The van der Waals surface area contributed by atoms with Gasteiger partial charge in [0, 0.05) is 13.1 Å². The van der Waals surface area contributed by atoms with E-state index in [1.807, 2.05) is 19.9 Å². The van der Waals surface area contributed by atoms with Crippen molar-refractivity contribution in [1.29, 1.82) is 0 Å². The third kappa shape index (κ3) is 7.61. The predicted octanol–water partition coefficient (Wildman–Crippen LogP) is 4.40. The fourth-order valence-corrected chi connectivity index (χ4v) is 4.68. The number of hydrogen-bond acceptors (Lipinski definition) is 4. The number of hydrogen-bond donors (Lipinski definition) is 1. The third-order valence-electron chi connectivity index (χ3n) is 5.24. The largest absolute Gasteiger partial charge is 0.354 e.